The molecule has 2 N–H and O–H groups in total. The Morgan fingerprint density at radius 3 is 2.15 bits per heavy atom. The van der Waals surface area contributed by atoms with Crippen molar-refractivity contribution in [3.8, 4) is 0 Å². The molecule has 5 heteroatoms. The lowest BCUT2D eigenvalue weighted by atomic mass is 9.66. The zero-order chi connectivity index (χ0) is 24.9. The first-order chi connectivity index (χ1) is 16.3. The van der Waals surface area contributed by atoms with Crippen LogP contribution in [0.4, 0.5) is 0 Å². The van der Waals surface area contributed by atoms with Gasteiger partial charge in [0.05, 0.1) is 19.8 Å². The molecule has 2 aliphatic carbocycles. The molecule has 0 heterocycles. The van der Waals surface area contributed by atoms with Gasteiger partial charge >= 0.3 is 5.97 Å². The first-order valence-electron chi connectivity index (χ1n) is 13.4. The molecular formula is C29H48O5. The summed E-state index contributed by atoms with van der Waals surface area (Å²) in [6, 6.07) is 0. The lowest BCUT2D eigenvalue weighted by molar-refractivity contribution is -0.139. The first-order valence-corrected chi connectivity index (χ1v) is 13.4. The molecular weight excluding hydrogens is 428 g/mol. The van der Waals surface area contributed by atoms with Crippen molar-refractivity contribution in [1.82, 2.24) is 0 Å². The fraction of sp³-hybridized carbons (Fsp3) is 0.759. The van der Waals surface area contributed by atoms with Crippen LogP contribution in [-0.2, 0) is 14.3 Å². The van der Waals surface area contributed by atoms with Crippen molar-refractivity contribution >= 4 is 5.97 Å². The smallest absolute Gasteiger partial charge is 0.333 e. The van der Waals surface area contributed by atoms with Crippen molar-refractivity contribution in [2.75, 3.05) is 19.8 Å². The molecule has 34 heavy (non-hydrogen) atoms. The second-order valence-electron chi connectivity index (χ2n) is 10.6. The fourth-order valence-corrected chi connectivity index (χ4v) is 5.96. The number of esters is 1. The molecule has 2 saturated carbocycles. The maximum absolute atomic E-state index is 11.8. The van der Waals surface area contributed by atoms with Crippen LogP contribution in [0.3, 0.4) is 0 Å². The molecule has 2 fully saturated rings. The second kappa shape index (κ2) is 15.5. The average molecular weight is 477 g/mol. The number of aliphatic hydroxyl groups excluding tert-OH is 2. The number of hydrogen-bond donors (Lipinski definition) is 2. The van der Waals surface area contributed by atoms with Crippen molar-refractivity contribution < 1.29 is 24.5 Å². The van der Waals surface area contributed by atoms with E-state index < -0.39 is 6.29 Å². The number of carbonyl (C=O) groups excluding carboxylic acids is 1. The van der Waals surface area contributed by atoms with E-state index in [4.69, 9.17) is 14.6 Å². The topological polar surface area (TPSA) is 76.0 Å². The monoisotopic (exact) mass is 476 g/mol. The summed E-state index contributed by atoms with van der Waals surface area (Å²) >= 11 is 0. The van der Waals surface area contributed by atoms with E-state index in [-0.39, 0.29) is 18.1 Å². The van der Waals surface area contributed by atoms with Crippen molar-refractivity contribution in [2.24, 2.45) is 29.6 Å². The van der Waals surface area contributed by atoms with Gasteiger partial charge in [-0.25, -0.2) is 4.79 Å². The van der Waals surface area contributed by atoms with Crippen LogP contribution in [0.25, 0.3) is 0 Å². The number of hydrogen-bond acceptors (Lipinski definition) is 5. The minimum Gasteiger partial charge on any atom is -0.462 e. The predicted molar refractivity (Wildman–Crippen MR) is 137 cm³/mol. The Balaban J connectivity index is 1.82. The summed E-state index contributed by atoms with van der Waals surface area (Å²) in [4.78, 5) is 11.8. The highest BCUT2D eigenvalue weighted by Crippen LogP contribution is 2.44. The van der Waals surface area contributed by atoms with Gasteiger partial charge in [0.1, 0.15) is 0 Å². The van der Waals surface area contributed by atoms with E-state index in [0.717, 1.165) is 37.0 Å². The van der Waals surface area contributed by atoms with E-state index in [1.807, 2.05) is 0 Å². The van der Waals surface area contributed by atoms with Crippen LogP contribution in [0.15, 0.2) is 37.0 Å². The van der Waals surface area contributed by atoms with Gasteiger partial charge in [0, 0.05) is 11.1 Å². The number of ether oxygens (including phenoxy) is 2. The Hall–Kier alpha value is -1.43. The molecule has 0 aliphatic heterocycles. The molecule has 0 saturated heterocycles. The van der Waals surface area contributed by atoms with Gasteiger partial charge in [0.25, 0.3) is 0 Å². The van der Waals surface area contributed by atoms with E-state index in [0.29, 0.717) is 30.6 Å². The van der Waals surface area contributed by atoms with Crippen molar-refractivity contribution in [3.63, 3.8) is 0 Å². The van der Waals surface area contributed by atoms with Crippen LogP contribution in [-0.4, -0.2) is 42.3 Å². The van der Waals surface area contributed by atoms with Gasteiger partial charge in [0.2, 0.25) is 0 Å². The standard InChI is InChI=1S/C29H48O5/c1-5-6-7-23-8-10-24(11-9-23)25-12-14-26(15-13-25)27(16-18-33-28(31)21(2)3)17-19-34-29(32)22(4)20-30/h5,23-27,29-30,32H,1-2,4,6-20H2,3H3. The lowest BCUT2D eigenvalue weighted by Gasteiger charge is -2.40. The zero-order valence-electron chi connectivity index (χ0n) is 21.4. The molecule has 5 nitrogen and oxygen atoms in total. The molecule has 2 rings (SSSR count). The van der Waals surface area contributed by atoms with E-state index in [2.05, 4.69) is 25.8 Å². The summed E-state index contributed by atoms with van der Waals surface area (Å²) in [6.45, 7) is 13.3. The maximum Gasteiger partial charge on any atom is 0.333 e. The highest BCUT2D eigenvalue weighted by atomic mass is 16.6. The average Bonchev–Trinajstić information content (AvgIpc) is 2.86. The molecule has 2 aliphatic rings. The first kappa shape index (κ1) is 28.8. The van der Waals surface area contributed by atoms with Crippen molar-refractivity contribution in [1.29, 1.82) is 0 Å². The molecule has 2 unspecified atom stereocenters. The minimum atomic E-state index is -1.13. The second-order valence-corrected chi connectivity index (χ2v) is 10.6. The summed E-state index contributed by atoms with van der Waals surface area (Å²) < 4.78 is 10.9. The van der Waals surface area contributed by atoms with E-state index >= 15 is 0 Å². The summed E-state index contributed by atoms with van der Waals surface area (Å²) in [5.74, 6) is 3.27. The Morgan fingerprint density at radius 2 is 1.59 bits per heavy atom. The Morgan fingerprint density at radius 1 is 1.00 bits per heavy atom. The molecule has 0 aromatic heterocycles. The summed E-state index contributed by atoms with van der Waals surface area (Å²) in [5, 5.41) is 19.0. The number of carbonyl (C=O) groups is 1. The summed E-state index contributed by atoms with van der Waals surface area (Å²) in [7, 11) is 0. The quantitative estimate of drug-likeness (QED) is 0.132. The van der Waals surface area contributed by atoms with Crippen LogP contribution in [0.5, 0.6) is 0 Å². The van der Waals surface area contributed by atoms with Crippen LogP contribution >= 0.6 is 0 Å². The largest absolute Gasteiger partial charge is 0.462 e. The molecule has 2 atom stereocenters. The lowest BCUT2D eigenvalue weighted by Crippen LogP contribution is -2.29. The van der Waals surface area contributed by atoms with Crippen molar-refractivity contribution in [3.05, 3.63) is 37.0 Å². The molecule has 0 spiro atoms. The third-order valence-electron chi connectivity index (χ3n) is 8.21. The highest BCUT2D eigenvalue weighted by molar-refractivity contribution is 5.86. The van der Waals surface area contributed by atoms with E-state index in [1.54, 1.807) is 6.92 Å². The molecule has 0 aromatic rings. The SMILES string of the molecule is C=CCCC1CCC(C2CCC(C(CCOC(=O)C(=C)C)CCOC(O)C(=C)CO)CC2)CC1. The number of allylic oxidation sites excluding steroid dienone is 1. The van der Waals surface area contributed by atoms with Crippen LogP contribution in [0.2, 0.25) is 0 Å². The molecule has 194 valence electrons. The van der Waals surface area contributed by atoms with Crippen LogP contribution in [0.1, 0.15) is 84.0 Å². The molecule has 0 bridgehead atoms. The third kappa shape index (κ3) is 9.67. The van der Waals surface area contributed by atoms with Crippen LogP contribution < -0.4 is 0 Å². The normalized spacial score (nSPS) is 26.9. The predicted octanol–water partition coefficient (Wildman–Crippen LogP) is 5.96. The van der Waals surface area contributed by atoms with Gasteiger partial charge in [-0.3, -0.25) is 0 Å². The van der Waals surface area contributed by atoms with E-state index in [1.165, 1.54) is 57.8 Å². The Bertz CT molecular complexity index is 641. The number of aliphatic hydroxyl groups is 2. The van der Waals surface area contributed by atoms with Gasteiger partial charge in [0.15, 0.2) is 6.29 Å². The van der Waals surface area contributed by atoms with Gasteiger partial charge in [-0.15, -0.1) is 6.58 Å². The van der Waals surface area contributed by atoms with Gasteiger partial charge < -0.3 is 19.7 Å². The van der Waals surface area contributed by atoms with Gasteiger partial charge in [-0.1, -0.05) is 32.1 Å². The molecule has 0 radical (unpaired) electrons. The Kier molecular flexibility index (Phi) is 13.2. The highest BCUT2D eigenvalue weighted by Gasteiger charge is 2.33. The van der Waals surface area contributed by atoms with E-state index in [9.17, 15) is 9.90 Å². The number of rotatable bonds is 15. The molecule has 0 amide bonds. The minimum absolute atomic E-state index is 0.270. The summed E-state index contributed by atoms with van der Waals surface area (Å²) in [6.07, 6.45) is 15.5. The third-order valence-corrected chi connectivity index (χ3v) is 8.21. The van der Waals surface area contributed by atoms with Gasteiger partial charge in [-0.05, 0) is 101 Å². The Labute approximate surface area is 207 Å². The fourth-order valence-electron chi connectivity index (χ4n) is 5.96. The summed E-state index contributed by atoms with van der Waals surface area (Å²) in [5.41, 5.74) is 0.692. The zero-order valence-corrected chi connectivity index (χ0v) is 21.4. The molecule has 0 aromatic carbocycles. The maximum atomic E-state index is 11.8. The van der Waals surface area contributed by atoms with Gasteiger partial charge in [-0.2, -0.15) is 0 Å². The van der Waals surface area contributed by atoms with Crippen molar-refractivity contribution in [2.45, 2.75) is 90.3 Å². The van der Waals surface area contributed by atoms with Crippen LogP contribution in [0, 0.1) is 29.6 Å².